The monoisotopic (exact) mass is 447 g/mol. The predicted molar refractivity (Wildman–Crippen MR) is 118 cm³/mol. The molecule has 0 bridgehead atoms. The van der Waals surface area contributed by atoms with E-state index in [0.29, 0.717) is 17.8 Å². The Kier molecular flexibility index (Phi) is 6.84. The van der Waals surface area contributed by atoms with Gasteiger partial charge < -0.3 is 14.6 Å². The summed E-state index contributed by atoms with van der Waals surface area (Å²) in [5.41, 5.74) is 1.57. The van der Waals surface area contributed by atoms with Crippen molar-refractivity contribution in [1.29, 1.82) is 0 Å². The fraction of sp³-hybridized carbons (Fsp3) is 0.318. The molecule has 3 aromatic rings. The molecule has 0 radical (unpaired) electrons. The fourth-order valence-electron chi connectivity index (χ4n) is 3.51. The molecule has 1 heterocycles. The first-order chi connectivity index (χ1) is 14.7. The van der Waals surface area contributed by atoms with E-state index in [1.165, 1.54) is 18.2 Å². The molecular formula is C22H26FN3O4S. The second kappa shape index (κ2) is 9.38. The van der Waals surface area contributed by atoms with Gasteiger partial charge in [0.25, 0.3) is 10.0 Å². The van der Waals surface area contributed by atoms with Crippen molar-refractivity contribution in [3.8, 4) is 0 Å². The third-order valence-electron chi connectivity index (χ3n) is 4.96. The first kappa shape index (κ1) is 22.6. The van der Waals surface area contributed by atoms with Crippen LogP contribution in [0, 0.1) is 11.7 Å². The Labute approximate surface area is 181 Å². The van der Waals surface area contributed by atoms with Gasteiger partial charge in [0, 0.05) is 23.8 Å². The van der Waals surface area contributed by atoms with Crippen LogP contribution in [0.2, 0.25) is 0 Å². The Bertz CT molecular complexity index is 1160. The summed E-state index contributed by atoms with van der Waals surface area (Å²) >= 11 is 0. The zero-order valence-electron chi connectivity index (χ0n) is 17.6. The highest BCUT2D eigenvalue weighted by Crippen LogP contribution is 2.27. The highest BCUT2D eigenvalue weighted by atomic mass is 32.2. The van der Waals surface area contributed by atoms with Crippen molar-refractivity contribution in [3.05, 3.63) is 60.5 Å². The molecule has 0 spiro atoms. The summed E-state index contributed by atoms with van der Waals surface area (Å²) in [6.07, 6.45) is 1.73. The van der Waals surface area contributed by atoms with Crippen LogP contribution in [-0.2, 0) is 14.8 Å². The zero-order chi connectivity index (χ0) is 22.6. The molecule has 3 rings (SSSR count). The van der Waals surface area contributed by atoms with E-state index in [9.17, 15) is 17.6 Å². The van der Waals surface area contributed by atoms with Crippen LogP contribution in [0.5, 0.6) is 0 Å². The van der Waals surface area contributed by atoms with Crippen LogP contribution in [-0.4, -0.2) is 32.7 Å². The van der Waals surface area contributed by atoms with Crippen molar-refractivity contribution in [2.24, 2.45) is 5.92 Å². The fourth-order valence-corrected chi connectivity index (χ4v) is 4.42. The molecule has 9 heteroatoms. The topological polar surface area (TPSA) is 89.4 Å². The summed E-state index contributed by atoms with van der Waals surface area (Å²) in [4.78, 5) is 11.2. The Morgan fingerprint density at radius 3 is 2.48 bits per heavy atom. The lowest BCUT2D eigenvalue weighted by atomic mass is 10.0. The van der Waals surface area contributed by atoms with E-state index >= 15 is 0 Å². The number of hydrogen-bond donors (Lipinski definition) is 2. The second-order valence-electron chi connectivity index (χ2n) is 7.68. The number of methoxy groups -OCH3 is 1. The summed E-state index contributed by atoms with van der Waals surface area (Å²) in [6.45, 7) is 4.84. The van der Waals surface area contributed by atoms with Gasteiger partial charge in [0.05, 0.1) is 23.6 Å². The molecule has 0 aliphatic carbocycles. The van der Waals surface area contributed by atoms with Gasteiger partial charge in [-0.1, -0.05) is 19.9 Å². The number of carbonyl (C=O) groups excluding carboxylic acids is 1. The minimum atomic E-state index is -3.99. The van der Waals surface area contributed by atoms with Gasteiger partial charge in [-0.3, -0.25) is 0 Å². The molecule has 2 aromatic carbocycles. The number of rotatable bonds is 8. The molecule has 0 aliphatic heterocycles. The van der Waals surface area contributed by atoms with Gasteiger partial charge in [0.15, 0.2) is 0 Å². The lowest BCUT2D eigenvalue weighted by Crippen LogP contribution is -2.30. The molecule has 0 saturated heterocycles. The minimum Gasteiger partial charge on any atom is -0.452 e. The van der Waals surface area contributed by atoms with Gasteiger partial charge in [-0.15, -0.1) is 0 Å². The van der Waals surface area contributed by atoms with Crippen molar-refractivity contribution in [1.82, 2.24) is 9.29 Å². The molecule has 2 N–H and O–H groups in total. The lowest BCUT2D eigenvalue weighted by Gasteiger charge is -2.23. The number of carbonyl (C=O) groups is 1. The molecule has 1 amide bonds. The van der Waals surface area contributed by atoms with Gasteiger partial charge in [-0.2, -0.15) is 0 Å². The SMILES string of the molecule is COC(=O)NS(=O)(=O)c1ccc(NC[C@@H](CC(C)C)n2ccc3c(F)cccc32)cc1. The number of nitrogens with one attached hydrogen (secondary N) is 2. The number of sulfonamides is 1. The number of fused-ring (bicyclic) bond motifs is 1. The van der Waals surface area contributed by atoms with Crippen LogP contribution in [0.25, 0.3) is 10.9 Å². The van der Waals surface area contributed by atoms with Crippen LogP contribution < -0.4 is 10.0 Å². The van der Waals surface area contributed by atoms with Crippen molar-refractivity contribution in [2.45, 2.75) is 31.2 Å². The summed E-state index contributed by atoms with van der Waals surface area (Å²) in [5, 5.41) is 3.91. The van der Waals surface area contributed by atoms with E-state index in [2.05, 4.69) is 28.5 Å². The number of hydrogen-bond acceptors (Lipinski definition) is 5. The Morgan fingerprint density at radius 2 is 1.84 bits per heavy atom. The number of aromatic nitrogens is 1. The van der Waals surface area contributed by atoms with Crippen molar-refractivity contribution in [2.75, 3.05) is 19.0 Å². The number of ether oxygens (including phenoxy) is 1. The molecule has 31 heavy (non-hydrogen) atoms. The molecular weight excluding hydrogens is 421 g/mol. The lowest BCUT2D eigenvalue weighted by molar-refractivity contribution is 0.177. The van der Waals surface area contributed by atoms with Crippen LogP contribution in [0.3, 0.4) is 0 Å². The maximum atomic E-state index is 14.1. The number of nitrogens with zero attached hydrogens (tertiary/aromatic N) is 1. The summed E-state index contributed by atoms with van der Waals surface area (Å²) in [5.74, 6) is 0.180. The summed E-state index contributed by atoms with van der Waals surface area (Å²) in [6, 6.07) is 13.0. The van der Waals surface area contributed by atoms with E-state index in [1.54, 1.807) is 24.3 Å². The number of halogens is 1. The van der Waals surface area contributed by atoms with Crippen LogP contribution in [0.15, 0.2) is 59.6 Å². The maximum absolute atomic E-state index is 14.1. The molecule has 0 fully saturated rings. The largest absolute Gasteiger partial charge is 0.452 e. The molecule has 0 saturated carbocycles. The van der Waals surface area contributed by atoms with Crippen LogP contribution in [0.1, 0.15) is 26.3 Å². The summed E-state index contributed by atoms with van der Waals surface area (Å²) < 4.78 is 46.6. The van der Waals surface area contributed by atoms with Crippen LogP contribution >= 0.6 is 0 Å². The Hall–Kier alpha value is -3.07. The molecule has 1 aromatic heterocycles. The van der Waals surface area contributed by atoms with E-state index in [1.807, 2.05) is 17.0 Å². The maximum Gasteiger partial charge on any atom is 0.420 e. The number of anilines is 1. The smallest absolute Gasteiger partial charge is 0.420 e. The number of amides is 1. The third kappa shape index (κ3) is 5.35. The zero-order valence-corrected chi connectivity index (χ0v) is 18.4. The minimum absolute atomic E-state index is 0.0472. The van der Waals surface area contributed by atoms with E-state index < -0.39 is 16.1 Å². The summed E-state index contributed by atoms with van der Waals surface area (Å²) in [7, 11) is -2.90. The van der Waals surface area contributed by atoms with Gasteiger partial charge in [-0.05, 0) is 54.8 Å². The van der Waals surface area contributed by atoms with E-state index in [4.69, 9.17) is 0 Å². The second-order valence-corrected chi connectivity index (χ2v) is 9.36. The average molecular weight is 448 g/mol. The van der Waals surface area contributed by atoms with Crippen molar-refractivity contribution >= 4 is 32.7 Å². The van der Waals surface area contributed by atoms with Crippen molar-refractivity contribution < 1.29 is 22.3 Å². The highest BCUT2D eigenvalue weighted by Gasteiger charge is 2.19. The molecule has 166 valence electrons. The molecule has 7 nitrogen and oxygen atoms in total. The standard InChI is InChI=1S/C22H26FN3O4S/c1-15(2)13-17(26-12-11-19-20(23)5-4-6-21(19)26)14-24-16-7-9-18(10-8-16)31(28,29)25-22(27)30-3/h4-12,15,17,24H,13-14H2,1-3H3,(H,25,27)/t17-/m1/s1. The number of benzene rings is 2. The average Bonchev–Trinajstić information content (AvgIpc) is 3.16. The van der Waals surface area contributed by atoms with Gasteiger partial charge in [0.1, 0.15) is 5.82 Å². The van der Waals surface area contributed by atoms with Crippen molar-refractivity contribution in [3.63, 3.8) is 0 Å². The Morgan fingerprint density at radius 1 is 1.13 bits per heavy atom. The normalized spacial score (nSPS) is 12.7. The van der Waals surface area contributed by atoms with E-state index in [0.717, 1.165) is 24.7 Å². The first-order valence-corrected chi connectivity index (χ1v) is 11.4. The molecule has 0 aliphatic rings. The van der Waals surface area contributed by atoms with E-state index in [-0.39, 0.29) is 16.8 Å². The molecule has 0 unspecified atom stereocenters. The quantitative estimate of drug-likeness (QED) is 0.530. The van der Waals surface area contributed by atoms with Gasteiger partial charge >= 0.3 is 6.09 Å². The molecule has 1 atom stereocenters. The van der Waals surface area contributed by atoms with Crippen LogP contribution in [0.4, 0.5) is 14.9 Å². The first-order valence-electron chi connectivity index (χ1n) is 9.91. The highest BCUT2D eigenvalue weighted by molar-refractivity contribution is 7.90. The Balaban J connectivity index is 1.76. The van der Waals surface area contributed by atoms with Gasteiger partial charge in [0.2, 0.25) is 0 Å². The van der Waals surface area contributed by atoms with Gasteiger partial charge in [-0.25, -0.2) is 22.3 Å². The third-order valence-corrected chi connectivity index (χ3v) is 6.28. The predicted octanol–water partition coefficient (Wildman–Crippen LogP) is 4.52.